The van der Waals surface area contributed by atoms with Gasteiger partial charge in [-0.1, -0.05) is 35.3 Å². The van der Waals surface area contributed by atoms with Gasteiger partial charge in [-0.25, -0.2) is 4.98 Å². The quantitative estimate of drug-likeness (QED) is 0.644. The lowest BCUT2D eigenvalue weighted by atomic mass is 10.1. The summed E-state index contributed by atoms with van der Waals surface area (Å²) in [4.78, 5) is 7.42. The molecular weight excluding hydrogens is 379 g/mol. The van der Waals surface area contributed by atoms with Crippen LogP contribution in [0.25, 0.3) is 11.0 Å². The Morgan fingerprint density at radius 2 is 2.00 bits per heavy atom. The number of anilines is 1. The predicted octanol–water partition coefficient (Wildman–Crippen LogP) is 5.27. The van der Waals surface area contributed by atoms with Gasteiger partial charge in [0.15, 0.2) is 0 Å². The van der Waals surface area contributed by atoms with Gasteiger partial charge < -0.3 is 14.8 Å². The number of hydrogen-bond acceptors (Lipinski definition) is 3. The van der Waals surface area contributed by atoms with Crippen molar-refractivity contribution in [3.05, 3.63) is 57.8 Å². The Morgan fingerprint density at radius 1 is 1.19 bits per heavy atom. The van der Waals surface area contributed by atoms with Gasteiger partial charge in [0.2, 0.25) is 0 Å². The van der Waals surface area contributed by atoms with Gasteiger partial charge in [-0.15, -0.1) is 0 Å². The molecule has 0 saturated carbocycles. The number of nitrogens with zero attached hydrogens (tertiary/aromatic N) is 3. The van der Waals surface area contributed by atoms with Crippen molar-refractivity contribution in [1.29, 1.82) is 0 Å². The average Bonchev–Trinajstić information content (AvgIpc) is 2.91. The number of para-hydroxylation sites is 1. The summed E-state index contributed by atoms with van der Waals surface area (Å²) in [6, 6.07) is 12.1. The van der Waals surface area contributed by atoms with Crippen molar-refractivity contribution in [3.63, 3.8) is 0 Å². The molecule has 0 saturated heterocycles. The number of benzene rings is 2. The molecule has 27 heavy (non-hydrogen) atoms. The number of aromatic nitrogens is 2. The van der Waals surface area contributed by atoms with E-state index in [4.69, 9.17) is 28.2 Å². The van der Waals surface area contributed by atoms with Crippen LogP contribution in [-0.2, 0) is 6.54 Å². The van der Waals surface area contributed by atoms with Gasteiger partial charge in [0.1, 0.15) is 5.82 Å². The Hall–Kier alpha value is -1.75. The molecule has 0 aliphatic carbocycles. The third-order valence-corrected chi connectivity index (χ3v) is 5.88. The summed E-state index contributed by atoms with van der Waals surface area (Å²) in [5, 5.41) is 4.95. The Bertz CT molecular complexity index is 962. The van der Waals surface area contributed by atoms with Crippen molar-refractivity contribution in [1.82, 2.24) is 14.9 Å². The highest BCUT2D eigenvalue weighted by Gasteiger charge is 2.27. The molecule has 6 heteroatoms. The zero-order valence-electron chi connectivity index (χ0n) is 15.7. The Morgan fingerprint density at radius 3 is 2.74 bits per heavy atom. The van der Waals surface area contributed by atoms with Crippen LogP contribution in [0.1, 0.15) is 37.7 Å². The van der Waals surface area contributed by atoms with E-state index in [0.717, 1.165) is 49.5 Å². The molecule has 3 aromatic rings. The Labute approximate surface area is 170 Å². The van der Waals surface area contributed by atoms with E-state index in [1.807, 2.05) is 12.1 Å². The third kappa shape index (κ3) is 3.31. The van der Waals surface area contributed by atoms with Gasteiger partial charge in [0.25, 0.3) is 0 Å². The second-order valence-electron chi connectivity index (χ2n) is 6.85. The fraction of sp³-hybridized carbons (Fsp3) is 0.381. The van der Waals surface area contributed by atoms with E-state index in [-0.39, 0.29) is 6.04 Å². The first-order valence-corrected chi connectivity index (χ1v) is 10.3. The largest absolute Gasteiger partial charge is 0.370 e. The number of fused-ring (bicyclic) bond motifs is 3. The summed E-state index contributed by atoms with van der Waals surface area (Å²) < 4.78 is 2.37. The number of aryl methyl sites for hydroxylation is 1. The van der Waals surface area contributed by atoms with Crippen molar-refractivity contribution in [3.8, 4) is 0 Å². The van der Waals surface area contributed by atoms with Gasteiger partial charge in [0.05, 0.1) is 22.8 Å². The second-order valence-corrected chi connectivity index (χ2v) is 7.69. The van der Waals surface area contributed by atoms with Crippen LogP contribution in [0.5, 0.6) is 0 Å². The zero-order chi connectivity index (χ0) is 19.0. The maximum absolute atomic E-state index is 6.54. The summed E-state index contributed by atoms with van der Waals surface area (Å²) in [5.41, 5.74) is 4.52. The first-order valence-electron chi connectivity index (χ1n) is 9.56. The monoisotopic (exact) mass is 402 g/mol. The zero-order valence-corrected chi connectivity index (χ0v) is 17.2. The van der Waals surface area contributed by atoms with E-state index in [9.17, 15) is 0 Å². The van der Waals surface area contributed by atoms with E-state index < -0.39 is 0 Å². The molecule has 2 aromatic carbocycles. The highest BCUT2D eigenvalue weighted by Crippen LogP contribution is 2.35. The van der Waals surface area contributed by atoms with Gasteiger partial charge in [-0.3, -0.25) is 0 Å². The van der Waals surface area contributed by atoms with Crippen LogP contribution in [0.3, 0.4) is 0 Å². The van der Waals surface area contributed by atoms with Crippen LogP contribution < -0.4 is 10.2 Å². The summed E-state index contributed by atoms with van der Waals surface area (Å²) in [7, 11) is 0. The molecule has 1 aliphatic rings. The molecule has 1 aliphatic heterocycles. The molecule has 2 heterocycles. The van der Waals surface area contributed by atoms with Crippen molar-refractivity contribution in [2.24, 2.45) is 0 Å². The van der Waals surface area contributed by atoms with Crippen molar-refractivity contribution >= 4 is 39.9 Å². The minimum absolute atomic E-state index is 0.0470. The van der Waals surface area contributed by atoms with E-state index in [1.165, 1.54) is 11.2 Å². The minimum Gasteiger partial charge on any atom is -0.370 e. The molecule has 4 rings (SSSR count). The summed E-state index contributed by atoms with van der Waals surface area (Å²) in [6.45, 7) is 8.20. The average molecular weight is 403 g/mol. The number of hydrogen-bond donors (Lipinski definition) is 1. The van der Waals surface area contributed by atoms with E-state index in [0.29, 0.717) is 10.0 Å². The molecule has 1 atom stereocenters. The van der Waals surface area contributed by atoms with Crippen LogP contribution >= 0.6 is 23.2 Å². The number of halogens is 2. The topological polar surface area (TPSA) is 33.1 Å². The van der Waals surface area contributed by atoms with Gasteiger partial charge in [-0.2, -0.15) is 0 Å². The lowest BCUT2D eigenvalue weighted by molar-refractivity contribution is 0.601. The summed E-state index contributed by atoms with van der Waals surface area (Å²) >= 11 is 12.6. The molecular formula is C21H24Cl2N4. The molecule has 0 fully saturated rings. The van der Waals surface area contributed by atoms with Gasteiger partial charge in [-0.05, 0) is 56.6 Å². The fourth-order valence-corrected chi connectivity index (χ4v) is 4.53. The molecule has 0 spiro atoms. The van der Waals surface area contributed by atoms with Crippen molar-refractivity contribution < 1.29 is 0 Å². The molecule has 142 valence electrons. The lowest BCUT2D eigenvalue weighted by Gasteiger charge is -2.23. The molecule has 1 unspecified atom stereocenters. The maximum Gasteiger partial charge on any atom is 0.131 e. The third-order valence-electron chi connectivity index (χ3n) is 5.32. The van der Waals surface area contributed by atoms with Crippen LogP contribution in [0.15, 0.2) is 36.4 Å². The fourth-order valence-electron chi connectivity index (χ4n) is 4.01. The molecule has 1 aromatic heterocycles. The first-order chi connectivity index (χ1) is 13.1. The van der Waals surface area contributed by atoms with Crippen LogP contribution in [0.2, 0.25) is 10.0 Å². The smallest absolute Gasteiger partial charge is 0.131 e. The molecule has 4 nitrogen and oxygen atoms in total. The normalized spacial score (nSPS) is 17.0. The van der Waals surface area contributed by atoms with E-state index >= 15 is 0 Å². The highest BCUT2D eigenvalue weighted by molar-refractivity contribution is 6.35. The Kier molecular flexibility index (Phi) is 5.31. The van der Waals surface area contributed by atoms with E-state index in [1.54, 1.807) is 6.07 Å². The SMILES string of the molecule is CCN(CC)c1cccc2nc3n(c12)CCCNC3c1ccc(Cl)cc1Cl. The molecule has 1 N–H and O–H groups in total. The van der Waals surface area contributed by atoms with Crippen LogP contribution in [0.4, 0.5) is 5.69 Å². The molecule has 0 radical (unpaired) electrons. The van der Waals surface area contributed by atoms with Gasteiger partial charge >= 0.3 is 0 Å². The Balaban J connectivity index is 1.92. The number of nitrogens with one attached hydrogen (secondary N) is 1. The standard InChI is InChI=1S/C21H24Cl2N4/c1-3-26(4-2)18-8-5-7-17-20(18)27-12-6-11-24-19(21(27)25-17)15-10-9-14(22)13-16(15)23/h5,7-10,13,19,24H,3-4,6,11-12H2,1-2H3. The van der Waals surface area contributed by atoms with E-state index in [2.05, 4.69) is 46.8 Å². The summed E-state index contributed by atoms with van der Waals surface area (Å²) in [6.07, 6.45) is 1.05. The number of rotatable bonds is 4. The maximum atomic E-state index is 6.54. The molecule has 0 bridgehead atoms. The lowest BCUT2D eigenvalue weighted by Crippen LogP contribution is -2.24. The first kappa shape index (κ1) is 18.6. The second kappa shape index (κ2) is 7.70. The number of imidazole rings is 1. The highest BCUT2D eigenvalue weighted by atomic mass is 35.5. The predicted molar refractivity (Wildman–Crippen MR) is 114 cm³/mol. The van der Waals surface area contributed by atoms with Crippen LogP contribution in [-0.4, -0.2) is 29.2 Å². The summed E-state index contributed by atoms with van der Waals surface area (Å²) in [5.74, 6) is 1.02. The van der Waals surface area contributed by atoms with Crippen LogP contribution in [0, 0.1) is 0 Å². The van der Waals surface area contributed by atoms with Crippen molar-refractivity contribution in [2.45, 2.75) is 32.9 Å². The van der Waals surface area contributed by atoms with Crippen molar-refractivity contribution in [2.75, 3.05) is 24.5 Å². The van der Waals surface area contributed by atoms with Gasteiger partial charge in [0, 0.05) is 29.7 Å². The minimum atomic E-state index is -0.0470. The molecule has 0 amide bonds.